The number of para-hydroxylation sites is 1. The van der Waals surface area contributed by atoms with Crippen LogP contribution in [-0.2, 0) is 10.5 Å². The molecule has 2 aromatic rings. The van der Waals surface area contributed by atoms with Crippen LogP contribution in [0.3, 0.4) is 0 Å². The van der Waals surface area contributed by atoms with Crippen LogP contribution in [0.25, 0.3) is 0 Å². The van der Waals surface area contributed by atoms with Gasteiger partial charge in [-0.15, -0.1) is 11.8 Å². The number of halogens is 2. The summed E-state index contributed by atoms with van der Waals surface area (Å²) in [6.07, 6.45) is 0.701. The molecular formula is C20H21ClFNO2S. The van der Waals surface area contributed by atoms with Crippen LogP contribution < -0.4 is 10.1 Å². The molecule has 0 saturated carbocycles. The third-order valence-corrected chi connectivity index (χ3v) is 5.43. The van der Waals surface area contributed by atoms with E-state index in [0.29, 0.717) is 22.8 Å². The molecule has 0 radical (unpaired) electrons. The smallest absolute Gasteiger partial charge is 0.230 e. The van der Waals surface area contributed by atoms with E-state index in [-0.39, 0.29) is 29.1 Å². The van der Waals surface area contributed by atoms with Gasteiger partial charge in [-0.1, -0.05) is 35.9 Å². The van der Waals surface area contributed by atoms with Gasteiger partial charge in [0.15, 0.2) is 0 Å². The molecule has 0 bridgehead atoms. The average molecular weight is 394 g/mol. The zero-order chi connectivity index (χ0) is 18.7. The Balaban J connectivity index is 1.58. The third-order valence-electron chi connectivity index (χ3n) is 4.22. The molecule has 138 valence electrons. The summed E-state index contributed by atoms with van der Waals surface area (Å²) < 4.78 is 19.8. The number of nitrogens with one attached hydrogen (secondary N) is 1. The Morgan fingerprint density at radius 1 is 1.35 bits per heavy atom. The molecule has 0 spiro atoms. The molecule has 6 heteroatoms. The first kappa shape index (κ1) is 19.1. The molecule has 1 heterocycles. The normalized spacial score (nSPS) is 17.9. The Labute approximate surface area is 162 Å². The van der Waals surface area contributed by atoms with Crippen LogP contribution in [0.4, 0.5) is 4.39 Å². The third kappa shape index (κ3) is 4.71. The molecule has 3 nitrogen and oxygen atoms in total. The van der Waals surface area contributed by atoms with Crippen molar-refractivity contribution >= 4 is 29.3 Å². The van der Waals surface area contributed by atoms with E-state index in [1.54, 1.807) is 12.1 Å². The minimum Gasteiger partial charge on any atom is -0.487 e. The Kier molecular flexibility index (Phi) is 5.78. The van der Waals surface area contributed by atoms with E-state index in [2.05, 4.69) is 5.32 Å². The predicted molar refractivity (Wildman–Crippen MR) is 104 cm³/mol. The zero-order valence-electron chi connectivity index (χ0n) is 14.7. The van der Waals surface area contributed by atoms with Crippen molar-refractivity contribution in [3.05, 3.63) is 64.4 Å². The topological polar surface area (TPSA) is 38.3 Å². The second kappa shape index (κ2) is 7.89. The largest absolute Gasteiger partial charge is 0.487 e. The molecule has 1 unspecified atom stereocenters. The predicted octanol–water partition coefficient (Wildman–Crippen LogP) is 5.13. The highest BCUT2D eigenvalue weighted by Crippen LogP contribution is 2.39. The van der Waals surface area contributed by atoms with Crippen molar-refractivity contribution in [2.45, 2.75) is 37.7 Å². The van der Waals surface area contributed by atoms with Crippen LogP contribution in [0.15, 0.2) is 42.5 Å². The number of carbonyl (C=O) groups is 1. The molecule has 0 aromatic heterocycles. The van der Waals surface area contributed by atoms with E-state index >= 15 is 0 Å². The number of carbonyl (C=O) groups excluding carboxylic acids is 1. The zero-order valence-corrected chi connectivity index (χ0v) is 16.3. The van der Waals surface area contributed by atoms with Crippen molar-refractivity contribution in [1.82, 2.24) is 5.32 Å². The van der Waals surface area contributed by atoms with Gasteiger partial charge in [0.05, 0.1) is 11.8 Å². The maximum atomic E-state index is 13.8. The van der Waals surface area contributed by atoms with Gasteiger partial charge in [-0.3, -0.25) is 4.79 Å². The molecule has 1 aliphatic rings. The molecule has 1 aliphatic heterocycles. The molecule has 26 heavy (non-hydrogen) atoms. The van der Waals surface area contributed by atoms with Gasteiger partial charge in [-0.25, -0.2) is 4.39 Å². The number of hydrogen-bond donors (Lipinski definition) is 1. The van der Waals surface area contributed by atoms with Crippen molar-refractivity contribution in [1.29, 1.82) is 0 Å². The van der Waals surface area contributed by atoms with Gasteiger partial charge in [0, 0.05) is 22.8 Å². The fraction of sp³-hybridized carbons (Fsp3) is 0.350. The first-order valence-corrected chi connectivity index (χ1v) is 9.96. The Bertz CT molecular complexity index is 812. The number of amides is 1. The monoisotopic (exact) mass is 393 g/mol. The molecule has 0 fully saturated rings. The summed E-state index contributed by atoms with van der Waals surface area (Å²) in [5.74, 6) is 1.09. The number of benzene rings is 2. The van der Waals surface area contributed by atoms with Crippen LogP contribution in [0.2, 0.25) is 5.02 Å². The Morgan fingerprint density at radius 3 is 2.88 bits per heavy atom. The summed E-state index contributed by atoms with van der Waals surface area (Å²) in [5.41, 5.74) is 1.20. The van der Waals surface area contributed by atoms with Crippen LogP contribution in [0.5, 0.6) is 5.75 Å². The lowest BCUT2D eigenvalue weighted by Gasteiger charge is -2.37. The summed E-state index contributed by atoms with van der Waals surface area (Å²) in [6.45, 7) is 4.03. The highest BCUT2D eigenvalue weighted by atomic mass is 35.5. The minimum absolute atomic E-state index is 0.0677. The lowest BCUT2D eigenvalue weighted by Crippen LogP contribution is -2.41. The second-order valence-electron chi connectivity index (χ2n) is 6.95. The van der Waals surface area contributed by atoms with Crippen LogP contribution in [0.1, 0.15) is 37.4 Å². The van der Waals surface area contributed by atoms with Crippen molar-refractivity contribution in [3.63, 3.8) is 0 Å². The Hall–Kier alpha value is -1.72. The van der Waals surface area contributed by atoms with Gasteiger partial charge in [0.25, 0.3) is 0 Å². The number of hydrogen-bond acceptors (Lipinski definition) is 3. The molecule has 0 aliphatic carbocycles. The lowest BCUT2D eigenvalue weighted by molar-refractivity contribution is -0.119. The van der Waals surface area contributed by atoms with E-state index in [9.17, 15) is 9.18 Å². The summed E-state index contributed by atoms with van der Waals surface area (Å²) in [5, 5.41) is 3.46. The molecule has 1 N–H and O–H groups in total. The van der Waals surface area contributed by atoms with E-state index in [1.807, 2.05) is 38.1 Å². The molecule has 1 atom stereocenters. The van der Waals surface area contributed by atoms with E-state index in [0.717, 1.165) is 11.3 Å². The standard InChI is InChI=1S/C20H21ClFNO2S/c1-20(2)10-17(15-5-3-4-6-18(15)25-20)23-19(24)12-26-11-13-7-8-14(21)9-16(13)22/h3-9,17H,10-12H2,1-2H3,(H,23,24). The van der Waals surface area contributed by atoms with E-state index in [4.69, 9.17) is 16.3 Å². The molecular weight excluding hydrogens is 373 g/mol. The van der Waals surface area contributed by atoms with Gasteiger partial charge >= 0.3 is 0 Å². The quantitative estimate of drug-likeness (QED) is 0.765. The number of fused-ring (bicyclic) bond motifs is 1. The lowest BCUT2D eigenvalue weighted by atomic mass is 9.90. The van der Waals surface area contributed by atoms with Crippen molar-refractivity contribution in [3.8, 4) is 5.75 Å². The highest BCUT2D eigenvalue weighted by Gasteiger charge is 2.34. The Morgan fingerprint density at radius 2 is 2.12 bits per heavy atom. The minimum atomic E-state index is -0.342. The van der Waals surface area contributed by atoms with Gasteiger partial charge < -0.3 is 10.1 Å². The average Bonchev–Trinajstić information content (AvgIpc) is 2.56. The summed E-state index contributed by atoms with van der Waals surface area (Å²) in [4.78, 5) is 12.4. The maximum absolute atomic E-state index is 13.8. The van der Waals surface area contributed by atoms with Gasteiger partial charge in [0.2, 0.25) is 5.91 Å². The van der Waals surface area contributed by atoms with Crippen LogP contribution >= 0.6 is 23.4 Å². The van der Waals surface area contributed by atoms with Crippen molar-refractivity contribution in [2.75, 3.05) is 5.75 Å². The fourth-order valence-electron chi connectivity index (χ4n) is 3.06. The first-order chi connectivity index (χ1) is 12.3. The number of rotatable bonds is 5. The second-order valence-corrected chi connectivity index (χ2v) is 8.37. The van der Waals surface area contributed by atoms with E-state index < -0.39 is 0 Å². The molecule has 2 aromatic carbocycles. The maximum Gasteiger partial charge on any atom is 0.230 e. The van der Waals surface area contributed by atoms with Crippen LogP contribution in [-0.4, -0.2) is 17.3 Å². The van der Waals surface area contributed by atoms with Crippen molar-refractivity contribution in [2.24, 2.45) is 0 Å². The van der Waals surface area contributed by atoms with E-state index in [1.165, 1.54) is 17.8 Å². The highest BCUT2D eigenvalue weighted by molar-refractivity contribution is 7.99. The summed E-state index contributed by atoms with van der Waals surface area (Å²) >= 11 is 7.13. The van der Waals surface area contributed by atoms with Gasteiger partial charge in [-0.2, -0.15) is 0 Å². The van der Waals surface area contributed by atoms with Crippen molar-refractivity contribution < 1.29 is 13.9 Å². The summed E-state index contributed by atoms with van der Waals surface area (Å²) in [6, 6.07) is 12.3. The number of ether oxygens (including phenoxy) is 1. The molecule has 3 rings (SSSR count). The molecule has 0 saturated heterocycles. The first-order valence-electron chi connectivity index (χ1n) is 8.43. The number of thioether (sulfide) groups is 1. The van der Waals surface area contributed by atoms with Gasteiger partial charge in [-0.05, 0) is 37.6 Å². The van der Waals surface area contributed by atoms with Crippen LogP contribution in [0, 0.1) is 5.82 Å². The fourth-order valence-corrected chi connectivity index (χ4v) is 4.04. The summed E-state index contributed by atoms with van der Waals surface area (Å²) in [7, 11) is 0. The van der Waals surface area contributed by atoms with Gasteiger partial charge in [0.1, 0.15) is 17.2 Å². The SMILES string of the molecule is CC1(C)CC(NC(=O)CSCc2ccc(Cl)cc2F)c2ccccc2O1. The molecule has 1 amide bonds.